The molecule has 1 aliphatic heterocycles. The number of fused-ring (bicyclic) bond motifs is 1. The van der Waals surface area contributed by atoms with Crippen LogP contribution in [0.25, 0.3) is 0 Å². The van der Waals surface area contributed by atoms with Crippen LogP contribution in [0.1, 0.15) is 30.5 Å². The number of rotatable bonds is 3. The molecule has 3 rings (SSSR count). The number of aliphatic imine (C=N–C) groups is 1. The van der Waals surface area contributed by atoms with Gasteiger partial charge in [-0.25, -0.2) is 0 Å². The predicted octanol–water partition coefficient (Wildman–Crippen LogP) is 3.90. The van der Waals surface area contributed by atoms with Gasteiger partial charge in [0, 0.05) is 11.3 Å². The lowest BCUT2D eigenvalue weighted by molar-refractivity contribution is -0.116. The minimum absolute atomic E-state index is 0.331. The van der Waals surface area contributed by atoms with E-state index in [2.05, 4.69) is 11.4 Å². The maximum atomic E-state index is 12.8. The van der Waals surface area contributed by atoms with Gasteiger partial charge >= 0.3 is 0 Å². The molecule has 1 heterocycles. The molecule has 126 valence electrons. The first-order valence-corrected chi connectivity index (χ1v) is 8.35. The lowest BCUT2D eigenvalue weighted by Gasteiger charge is -2.30. The molecule has 0 saturated carbocycles. The molecule has 4 heteroatoms. The highest BCUT2D eigenvalue weighted by molar-refractivity contribution is 6.19. The molecule has 25 heavy (non-hydrogen) atoms. The van der Waals surface area contributed by atoms with Crippen LogP contribution < -0.4 is 5.32 Å². The third kappa shape index (κ3) is 3.61. The van der Waals surface area contributed by atoms with Crippen molar-refractivity contribution >= 4 is 17.3 Å². The number of carbonyl (C=O) groups is 1. The summed E-state index contributed by atoms with van der Waals surface area (Å²) in [6, 6.07) is 17.6. The zero-order valence-electron chi connectivity index (χ0n) is 14.7. The molecular weight excluding hydrogens is 310 g/mol. The zero-order valence-corrected chi connectivity index (χ0v) is 14.7. The molecule has 1 N–H and O–H groups in total. The second kappa shape index (κ2) is 6.52. The Kier molecular flexibility index (Phi) is 4.41. The van der Waals surface area contributed by atoms with Crippen LogP contribution in [-0.2, 0) is 11.2 Å². The van der Waals surface area contributed by atoms with E-state index >= 15 is 0 Å². The minimum atomic E-state index is -0.943. The molecule has 1 unspecified atom stereocenters. The molecule has 0 aliphatic carbocycles. The predicted molar refractivity (Wildman–Crippen MR) is 99.7 cm³/mol. The molecule has 0 aromatic heterocycles. The second-order valence-electron chi connectivity index (χ2n) is 7.06. The van der Waals surface area contributed by atoms with Gasteiger partial charge < -0.3 is 5.32 Å². The summed E-state index contributed by atoms with van der Waals surface area (Å²) in [4.78, 5) is 17.5. The minimum Gasteiger partial charge on any atom is -0.325 e. The number of nitriles is 1. The summed E-state index contributed by atoms with van der Waals surface area (Å²) in [5, 5.41) is 12.5. The van der Waals surface area contributed by atoms with Crippen molar-refractivity contribution in [1.29, 1.82) is 5.26 Å². The van der Waals surface area contributed by atoms with Crippen LogP contribution >= 0.6 is 0 Å². The van der Waals surface area contributed by atoms with E-state index in [1.165, 1.54) is 0 Å². The third-order valence-corrected chi connectivity index (χ3v) is 4.29. The molecule has 2 aromatic carbocycles. The molecule has 0 fully saturated rings. The Balaban J connectivity index is 1.95. The van der Waals surface area contributed by atoms with Crippen molar-refractivity contribution < 1.29 is 4.79 Å². The lowest BCUT2D eigenvalue weighted by Crippen LogP contribution is -2.36. The van der Waals surface area contributed by atoms with Crippen molar-refractivity contribution in [3.8, 4) is 6.07 Å². The SMILES string of the molecule is Cc1cccc(NC(=O)C(C#N)C2=NC(C)(C)Cc3ccccc32)c1. The molecule has 4 nitrogen and oxygen atoms in total. The number of carbonyl (C=O) groups excluding carboxylic acids is 1. The molecule has 1 atom stereocenters. The third-order valence-electron chi connectivity index (χ3n) is 4.29. The van der Waals surface area contributed by atoms with Gasteiger partial charge in [-0.05, 0) is 50.5 Å². The smallest absolute Gasteiger partial charge is 0.247 e. The van der Waals surface area contributed by atoms with E-state index in [9.17, 15) is 10.1 Å². The Morgan fingerprint density at radius 3 is 2.72 bits per heavy atom. The van der Waals surface area contributed by atoms with Crippen LogP contribution in [0.2, 0.25) is 0 Å². The fourth-order valence-electron chi connectivity index (χ4n) is 3.22. The summed E-state index contributed by atoms with van der Waals surface area (Å²) in [7, 11) is 0. The monoisotopic (exact) mass is 331 g/mol. The van der Waals surface area contributed by atoms with E-state index in [0.29, 0.717) is 11.4 Å². The second-order valence-corrected chi connectivity index (χ2v) is 7.06. The summed E-state index contributed by atoms with van der Waals surface area (Å²) < 4.78 is 0. The number of hydrogen-bond donors (Lipinski definition) is 1. The lowest BCUT2D eigenvalue weighted by atomic mass is 9.83. The summed E-state index contributed by atoms with van der Waals surface area (Å²) >= 11 is 0. The van der Waals surface area contributed by atoms with Gasteiger partial charge in [0.05, 0.1) is 17.3 Å². The Morgan fingerprint density at radius 2 is 2.00 bits per heavy atom. The van der Waals surface area contributed by atoms with Gasteiger partial charge in [0.1, 0.15) is 0 Å². The highest BCUT2D eigenvalue weighted by Crippen LogP contribution is 2.29. The molecular formula is C21H21N3O. The van der Waals surface area contributed by atoms with E-state index < -0.39 is 5.92 Å². The zero-order chi connectivity index (χ0) is 18.0. The largest absolute Gasteiger partial charge is 0.325 e. The van der Waals surface area contributed by atoms with Crippen LogP contribution in [0.5, 0.6) is 0 Å². The van der Waals surface area contributed by atoms with Crippen molar-refractivity contribution in [2.45, 2.75) is 32.7 Å². The summed E-state index contributed by atoms with van der Waals surface area (Å²) in [6.07, 6.45) is 0.796. The van der Waals surface area contributed by atoms with E-state index in [-0.39, 0.29) is 11.4 Å². The number of nitrogens with zero attached hydrogens (tertiary/aromatic N) is 2. The number of benzene rings is 2. The molecule has 0 saturated heterocycles. The fraction of sp³-hybridized carbons (Fsp3) is 0.286. The first kappa shape index (κ1) is 16.9. The number of nitrogens with one attached hydrogen (secondary N) is 1. The molecule has 0 spiro atoms. The Bertz CT molecular complexity index is 890. The van der Waals surface area contributed by atoms with Gasteiger partial charge in [-0.3, -0.25) is 9.79 Å². The molecule has 1 aliphatic rings. The number of hydrogen-bond acceptors (Lipinski definition) is 3. The van der Waals surface area contributed by atoms with Gasteiger partial charge in [0.25, 0.3) is 0 Å². The van der Waals surface area contributed by atoms with Gasteiger partial charge in [-0.1, -0.05) is 36.4 Å². The van der Waals surface area contributed by atoms with Crippen LogP contribution in [0.3, 0.4) is 0 Å². The van der Waals surface area contributed by atoms with Crippen molar-refractivity contribution in [1.82, 2.24) is 0 Å². The first-order chi connectivity index (χ1) is 11.9. The van der Waals surface area contributed by atoms with Crippen LogP contribution in [-0.4, -0.2) is 17.2 Å². The van der Waals surface area contributed by atoms with Crippen molar-refractivity contribution in [3.63, 3.8) is 0 Å². The number of aryl methyl sites for hydroxylation is 1. The van der Waals surface area contributed by atoms with E-state index in [4.69, 9.17) is 4.99 Å². The molecule has 0 radical (unpaired) electrons. The van der Waals surface area contributed by atoms with Crippen molar-refractivity contribution in [2.24, 2.45) is 10.9 Å². The van der Waals surface area contributed by atoms with Gasteiger partial charge in [-0.15, -0.1) is 0 Å². The highest BCUT2D eigenvalue weighted by atomic mass is 16.1. The Hall–Kier alpha value is -2.93. The fourth-order valence-corrected chi connectivity index (χ4v) is 3.22. The Morgan fingerprint density at radius 1 is 1.24 bits per heavy atom. The van der Waals surface area contributed by atoms with Crippen molar-refractivity contribution in [3.05, 3.63) is 65.2 Å². The van der Waals surface area contributed by atoms with E-state index in [1.54, 1.807) is 0 Å². The van der Waals surface area contributed by atoms with E-state index in [1.807, 2.05) is 69.3 Å². The number of anilines is 1. The first-order valence-electron chi connectivity index (χ1n) is 8.35. The molecule has 1 amide bonds. The highest BCUT2D eigenvalue weighted by Gasteiger charge is 2.33. The summed E-state index contributed by atoms with van der Waals surface area (Å²) in [5.41, 5.74) is 3.98. The summed E-state index contributed by atoms with van der Waals surface area (Å²) in [5.74, 6) is -1.29. The van der Waals surface area contributed by atoms with Crippen LogP contribution in [0.15, 0.2) is 53.5 Å². The molecule has 2 aromatic rings. The van der Waals surface area contributed by atoms with Gasteiger partial charge in [0.2, 0.25) is 5.91 Å². The quantitative estimate of drug-likeness (QED) is 0.927. The van der Waals surface area contributed by atoms with Crippen LogP contribution in [0, 0.1) is 24.2 Å². The Labute approximate surface area is 148 Å². The van der Waals surface area contributed by atoms with Gasteiger partial charge in [-0.2, -0.15) is 5.26 Å². The summed E-state index contributed by atoms with van der Waals surface area (Å²) in [6.45, 7) is 6.01. The maximum absolute atomic E-state index is 12.8. The maximum Gasteiger partial charge on any atom is 0.247 e. The average Bonchev–Trinajstić information content (AvgIpc) is 2.54. The van der Waals surface area contributed by atoms with E-state index in [0.717, 1.165) is 23.1 Å². The standard InChI is InChI=1S/C21H21N3O/c1-14-7-6-9-16(11-14)23-20(25)18(13-22)19-17-10-5-4-8-15(17)12-21(2,3)24-19/h4-11,18H,12H2,1-3H3,(H,23,25). The number of amides is 1. The van der Waals surface area contributed by atoms with Crippen molar-refractivity contribution in [2.75, 3.05) is 5.32 Å². The normalized spacial score (nSPS) is 16.2. The topological polar surface area (TPSA) is 65.2 Å². The average molecular weight is 331 g/mol. The van der Waals surface area contributed by atoms with Gasteiger partial charge in [0.15, 0.2) is 5.92 Å². The molecule has 0 bridgehead atoms. The van der Waals surface area contributed by atoms with Crippen LogP contribution in [0.4, 0.5) is 5.69 Å².